The molecule has 1 unspecified atom stereocenters. The van der Waals surface area contributed by atoms with E-state index in [9.17, 15) is 13.2 Å². The molecule has 1 aliphatic heterocycles. The van der Waals surface area contributed by atoms with Crippen LogP contribution in [0.1, 0.15) is 6.42 Å². The molecule has 0 aromatic heterocycles. The zero-order chi connectivity index (χ0) is 16.3. The van der Waals surface area contributed by atoms with Gasteiger partial charge in [-0.2, -0.15) is 0 Å². The lowest BCUT2D eigenvalue weighted by atomic mass is 10.1. The summed E-state index contributed by atoms with van der Waals surface area (Å²) in [4.78, 5) is 12.2. The van der Waals surface area contributed by atoms with Crippen molar-refractivity contribution >= 4 is 21.8 Å². The number of ether oxygens (including phenoxy) is 1. The van der Waals surface area contributed by atoms with E-state index in [1.807, 2.05) is 0 Å². The van der Waals surface area contributed by atoms with Crippen LogP contribution in [0.15, 0.2) is 24.3 Å². The fourth-order valence-corrected chi connectivity index (χ4v) is 2.80. The number of hydrogen-bond donors (Lipinski definition) is 1. The van der Waals surface area contributed by atoms with Crippen LogP contribution in [-0.2, 0) is 10.0 Å². The summed E-state index contributed by atoms with van der Waals surface area (Å²) in [6.07, 6.45) is 1.04. The number of anilines is 1. The van der Waals surface area contributed by atoms with Gasteiger partial charge in [0.1, 0.15) is 5.75 Å². The van der Waals surface area contributed by atoms with Crippen molar-refractivity contribution in [3.63, 3.8) is 0 Å². The van der Waals surface area contributed by atoms with Crippen molar-refractivity contribution in [2.45, 2.75) is 6.42 Å². The van der Waals surface area contributed by atoms with Crippen LogP contribution in [0.5, 0.6) is 5.75 Å². The first-order valence-electron chi connectivity index (χ1n) is 6.92. The number of benzene rings is 1. The van der Waals surface area contributed by atoms with Gasteiger partial charge < -0.3 is 14.7 Å². The Bertz CT molecular complexity index is 629. The number of likely N-dealkylation sites (tertiary alicyclic amines) is 1. The predicted molar refractivity (Wildman–Crippen MR) is 82.9 cm³/mol. The van der Waals surface area contributed by atoms with Crippen molar-refractivity contribution < 1.29 is 23.1 Å². The Hall–Kier alpha value is -1.96. The number of carboxylic acid groups (broad SMARTS) is 1. The molecule has 22 heavy (non-hydrogen) atoms. The van der Waals surface area contributed by atoms with Crippen molar-refractivity contribution in [2.24, 2.45) is 5.92 Å². The molecule has 1 aromatic rings. The zero-order valence-corrected chi connectivity index (χ0v) is 13.4. The van der Waals surface area contributed by atoms with Crippen LogP contribution in [-0.4, -0.2) is 57.5 Å². The molecule has 1 fully saturated rings. The maximum atomic E-state index is 11.4. The first-order valence-corrected chi connectivity index (χ1v) is 8.77. The van der Waals surface area contributed by atoms with E-state index in [1.165, 1.54) is 16.3 Å². The van der Waals surface area contributed by atoms with E-state index in [2.05, 4.69) is 0 Å². The topological polar surface area (TPSA) is 87.2 Å². The summed E-state index contributed by atoms with van der Waals surface area (Å²) in [5.74, 6) is 0.828. The standard InChI is InChI=1S/C14H20N2O5S/c1-15(22(2,19)20)12-3-5-13(6-4-12)21-10-11-7-8-16(9-11)14(17)18/h3-6,11H,7-10H2,1-2H3,(H,17,18). The molecule has 0 bridgehead atoms. The summed E-state index contributed by atoms with van der Waals surface area (Å²) in [5.41, 5.74) is 0.563. The third kappa shape index (κ3) is 4.03. The summed E-state index contributed by atoms with van der Waals surface area (Å²) >= 11 is 0. The number of sulfonamides is 1. The Kier molecular flexibility index (Phi) is 4.80. The van der Waals surface area contributed by atoms with Crippen LogP contribution < -0.4 is 9.04 Å². The van der Waals surface area contributed by atoms with Crippen LogP contribution in [0.2, 0.25) is 0 Å². The van der Waals surface area contributed by atoms with Gasteiger partial charge in [-0.05, 0) is 30.7 Å². The highest BCUT2D eigenvalue weighted by Gasteiger charge is 2.26. The molecule has 1 aromatic carbocycles. The Morgan fingerprint density at radius 3 is 2.55 bits per heavy atom. The van der Waals surface area contributed by atoms with Crippen LogP contribution in [0, 0.1) is 5.92 Å². The highest BCUT2D eigenvalue weighted by atomic mass is 32.2. The number of nitrogens with zero attached hydrogens (tertiary/aromatic N) is 2. The first kappa shape index (κ1) is 16.4. The van der Waals surface area contributed by atoms with Crippen molar-refractivity contribution in [2.75, 3.05) is 37.3 Å². The summed E-state index contributed by atoms with van der Waals surface area (Å²) in [6, 6.07) is 6.77. The van der Waals surface area contributed by atoms with Gasteiger partial charge in [0.05, 0.1) is 18.6 Å². The van der Waals surface area contributed by atoms with Gasteiger partial charge in [0, 0.05) is 26.1 Å². The smallest absolute Gasteiger partial charge is 0.407 e. The van der Waals surface area contributed by atoms with E-state index >= 15 is 0 Å². The lowest BCUT2D eigenvalue weighted by Crippen LogP contribution is -2.27. The minimum absolute atomic E-state index is 0.189. The molecule has 2 rings (SSSR count). The monoisotopic (exact) mass is 328 g/mol. The van der Waals surface area contributed by atoms with E-state index in [1.54, 1.807) is 24.3 Å². The molecule has 1 atom stereocenters. The summed E-state index contributed by atoms with van der Waals surface area (Å²) in [7, 11) is -1.79. The average Bonchev–Trinajstić information content (AvgIpc) is 2.93. The maximum Gasteiger partial charge on any atom is 0.407 e. The number of amides is 1. The van der Waals surface area contributed by atoms with Gasteiger partial charge in [-0.3, -0.25) is 4.31 Å². The van der Waals surface area contributed by atoms with Gasteiger partial charge in [0.25, 0.3) is 0 Å². The van der Waals surface area contributed by atoms with Gasteiger partial charge in [-0.25, -0.2) is 13.2 Å². The quantitative estimate of drug-likeness (QED) is 0.884. The van der Waals surface area contributed by atoms with E-state index in [-0.39, 0.29) is 5.92 Å². The minimum atomic E-state index is -3.28. The molecular formula is C14H20N2O5S. The number of carbonyl (C=O) groups is 1. The molecule has 0 aliphatic carbocycles. The highest BCUT2D eigenvalue weighted by molar-refractivity contribution is 7.92. The van der Waals surface area contributed by atoms with Crippen molar-refractivity contribution in [1.82, 2.24) is 4.90 Å². The molecule has 7 nitrogen and oxygen atoms in total. The molecule has 1 saturated heterocycles. The molecule has 1 aliphatic rings. The van der Waals surface area contributed by atoms with Gasteiger partial charge in [0.15, 0.2) is 0 Å². The fourth-order valence-electron chi connectivity index (χ4n) is 2.30. The van der Waals surface area contributed by atoms with E-state index < -0.39 is 16.1 Å². The Morgan fingerprint density at radius 2 is 2.05 bits per heavy atom. The molecule has 0 radical (unpaired) electrons. The second-order valence-corrected chi connectivity index (χ2v) is 7.43. The van der Waals surface area contributed by atoms with E-state index in [4.69, 9.17) is 9.84 Å². The largest absolute Gasteiger partial charge is 0.493 e. The van der Waals surface area contributed by atoms with Crippen molar-refractivity contribution in [3.05, 3.63) is 24.3 Å². The second kappa shape index (κ2) is 6.43. The highest BCUT2D eigenvalue weighted by Crippen LogP contribution is 2.22. The normalized spacial score (nSPS) is 18.3. The van der Waals surface area contributed by atoms with Crippen LogP contribution in [0.4, 0.5) is 10.5 Å². The summed E-state index contributed by atoms with van der Waals surface area (Å²) in [6.45, 7) is 1.48. The van der Waals surface area contributed by atoms with Gasteiger partial charge in [0.2, 0.25) is 10.0 Å². The first-order chi connectivity index (χ1) is 10.3. The summed E-state index contributed by atoms with van der Waals surface area (Å²) < 4.78 is 29.7. The van der Waals surface area contributed by atoms with E-state index in [0.717, 1.165) is 12.7 Å². The minimum Gasteiger partial charge on any atom is -0.493 e. The second-order valence-electron chi connectivity index (χ2n) is 5.42. The van der Waals surface area contributed by atoms with Crippen LogP contribution in [0.25, 0.3) is 0 Å². The third-order valence-electron chi connectivity index (χ3n) is 3.74. The molecule has 0 spiro atoms. The molecule has 0 saturated carbocycles. The lowest BCUT2D eigenvalue weighted by molar-refractivity contribution is 0.151. The van der Waals surface area contributed by atoms with Gasteiger partial charge >= 0.3 is 6.09 Å². The number of rotatable bonds is 5. The molecule has 122 valence electrons. The Labute approximate surface area is 130 Å². The summed E-state index contributed by atoms with van der Waals surface area (Å²) in [5, 5.41) is 8.90. The SMILES string of the molecule is CN(c1ccc(OCC2CCN(C(=O)O)C2)cc1)S(C)(=O)=O. The fraction of sp³-hybridized carbons (Fsp3) is 0.500. The predicted octanol–water partition coefficient (Wildman–Crippen LogP) is 1.46. The van der Waals surface area contributed by atoms with Crippen LogP contribution >= 0.6 is 0 Å². The Balaban J connectivity index is 1.89. The molecule has 1 amide bonds. The van der Waals surface area contributed by atoms with Gasteiger partial charge in [-0.1, -0.05) is 0 Å². The molecule has 1 N–H and O–H groups in total. The van der Waals surface area contributed by atoms with Crippen LogP contribution in [0.3, 0.4) is 0 Å². The molecule has 8 heteroatoms. The van der Waals surface area contributed by atoms with Crippen molar-refractivity contribution in [1.29, 1.82) is 0 Å². The van der Waals surface area contributed by atoms with Crippen molar-refractivity contribution in [3.8, 4) is 5.75 Å². The molecule has 1 heterocycles. The molecular weight excluding hydrogens is 308 g/mol. The zero-order valence-electron chi connectivity index (χ0n) is 12.6. The lowest BCUT2D eigenvalue weighted by Gasteiger charge is -2.17. The Morgan fingerprint density at radius 1 is 1.41 bits per heavy atom. The third-order valence-corrected chi connectivity index (χ3v) is 4.95. The number of hydrogen-bond acceptors (Lipinski definition) is 4. The average molecular weight is 328 g/mol. The van der Waals surface area contributed by atoms with E-state index in [0.29, 0.717) is 31.1 Å². The maximum absolute atomic E-state index is 11.4. The van der Waals surface area contributed by atoms with Gasteiger partial charge in [-0.15, -0.1) is 0 Å².